The first kappa shape index (κ1) is 21.0. The Kier molecular flexibility index (Phi) is 4.36. The van der Waals surface area contributed by atoms with Crippen LogP contribution in [0.3, 0.4) is 0 Å². The lowest BCUT2D eigenvalue weighted by molar-refractivity contribution is -0.517. The van der Waals surface area contributed by atoms with Crippen LogP contribution in [-0.4, -0.2) is 52.5 Å². The van der Waals surface area contributed by atoms with Gasteiger partial charge >= 0.3 is 47.4 Å². The molecule has 15 heteroatoms. The third-order valence-electron chi connectivity index (χ3n) is 2.99. The van der Waals surface area contributed by atoms with Crippen LogP contribution in [0.5, 0.6) is 0 Å². The number of carbonyl (C=O) groups is 2. The van der Waals surface area contributed by atoms with E-state index in [-0.39, 0.29) is 6.08 Å². The van der Waals surface area contributed by atoms with Gasteiger partial charge in [0.1, 0.15) is 0 Å². The molecule has 1 aliphatic carbocycles. The monoisotopic (exact) mass is 396 g/mol. The molecule has 1 fully saturated rings. The molecule has 25 heavy (non-hydrogen) atoms. The van der Waals surface area contributed by atoms with E-state index in [1.54, 1.807) is 0 Å². The summed E-state index contributed by atoms with van der Waals surface area (Å²) in [5, 5.41) is 8.05. The molecule has 1 saturated carbocycles. The predicted molar refractivity (Wildman–Crippen MR) is 51.4 cm³/mol. The number of carboxylic acids is 1. The molecule has 1 rings (SSSR count). The van der Waals surface area contributed by atoms with E-state index < -0.39 is 53.5 Å². The van der Waals surface area contributed by atoms with Crippen molar-refractivity contribution in [1.82, 2.24) is 0 Å². The van der Waals surface area contributed by atoms with Gasteiger partial charge in [0, 0.05) is 12.2 Å². The third-order valence-corrected chi connectivity index (χ3v) is 2.99. The first-order chi connectivity index (χ1) is 10.8. The van der Waals surface area contributed by atoms with Gasteiger partial charge in [-0.25, -0.2) is 9.59 Å². The molecule has 0 heterocycles. The number of aliphatic carboxylic acids is 1. The standard InChI is InChI=1S/C10H3F11O4/c11-5(12)6(13,14)8(17,18)10(21,9(19,20)7(5,15)16)25-4(24)2-1-3(22)23/h1-2H,(H,22,23). The quantitative estimate of drug-likeness (QED) is 0.453. The van der Waals surface area contributed by atoms with Crippen molar-refractivity contribution < 1.29 is 67.7 Å². The number of rotatable bonds is 3. The minimum atomic E-state index is -7.44. The van der Waals surface area contributed by atoms with Crippen LogP contribution in [0.25, 0.3) is 0 Å². The maximum Gasteiger partial charge on any atom is 0.391 e. The lowest BCUT2D eigenvalue weighted by Crippen LogP contribution is -2.84. The summed E-state index contributed by atoms with van der Waals surface area (Å²) in [7, 11) is 0. The fourth-order valence-corrected chi connectivity index (χ4v) is 1.63. The molecule has 0 radical (unpaired) electrons. The molecule has 1 aliphatic rings. The number of esters is 1. The van der Waals surface area contributed by atoms with Crippen LogP contribution in [0.15, 0.2) is 12.2 Å². The summed E-state index contributed by atoms with van der Waals surface area (Å²) in [6, 6.07) is 0. The highest BCUT2D eigenvalue weighted by Crippen LogP contribution is 2.69. The first-order valence-corrected chi connectivity index (χ1v) is 5.53. The van der Waals surface area contributed by atoms with Crippen LogP contribution < -0.4 is 0 Å². The second kappa shape index (κ2) is 5.20. The van der Waals surface area contributed by atoms with Gasteiger partial charge < -0.3 is 9.84 Å². The van der Waals surface area contributed by atoms with Crippen LogP contribution in [-0.2, 0) is 14.3 Å². The molecule has 0 spiro atoms. The van der Waals surface area contributed by atoms with Gasteiger partial charge in [-0.2, -0.15) is 48.3 Å². The van der Waals surface area contributed by atoms with E-state index in [0.29, 0.717) is 0 Å². The van der Waals surface area contributed by atoms with E-state index in [0.717, 1.165) is 0 Å². The number of hydrogen-bond donors (Lipinski definition) is 1. The summed E-state index contributed by atoms with van der Waals surface area (Å²) in [5.74, 6) is -48.8. The fraction of sp³-hybridized carbons (Fsp3) is 0.600. The van der Waals surface area contributed by atoms with Crippen molar-refractivity contribution in [3.63, 3.8) is 0 Å². The van der Waals surface area contributed by atoms with Gasteiger partial charge in [0.25, 0.3) is 0 Å². The Morgan fingerprint density at radius 2 is 0.960 bits per heavy atom. The largest absolute Gasteiger partial charge is 0.478 e. The Balaban J connectivity index is 3.61. The average Bonchev–Trinajstić information content (AvgIpc) is 2.42. The topological polar surface area (TPSA) is 63.6 Å². The first-order valence-electron chi connectivity index (χ1n) is 5.53. The molecule has 0 amide bonds. The molecule has 4 nitrogen and oxygen atoms in total. The summed E-state index contributed by atoms with van der Waals surface area (Å²) in [4.78, 5) is 20.8. The molecule has 0 aromatic carbocycles. The number of alkyl halides is 11. The lowest BCUT2D eigenvalue weighted by Gasteiger charge is -2.51. The molecular weight excluding hydrogens is 393 g/mol. The molecule has 0 aromatic heterocycles. The Morgan fingerprint density at radius 1 is 0.640 bits per heavy atom. The fourth-order valence-electron chi connectivity index (χ4n) is 1.63. The van der Waals surface area contributed by atoms with E-state index in [1.165, 1.54) is 0 Å². The van der Waals surface area contributed by atoms with Crippen LogP contribution in [0.2, 0.25) is 0 Å². The van der Waals surface area contributed by atoms with Crippen molar-refractivity contribution in [2.75, 3.05) is 0 Å². The van der Waals surface area contributed by atoms with Gasteiger partial charge in [-0.3, -0.25) is 0 Å². The van der Waals surface area contributed by atoms with E-state index in [1.807, 2.05) is 0 Å². The minimum absolute atomic E-state index is 0.351. The van der Waals surface area contributed by atoms with Gasteiger partial charge in [-0.1, -0.05) is 0 Å². The normalized spacial score (nSPS) is 27.6. The number of ether oxygens (including phenoxy) is 1. The Bertz CT molecular complexity index is 594. The third kappa shape index (κ3) is 2.27. The smallest absolute Gasteiger partial charge is 0.391 e. The molecule has 0 atom stereocenters. The van der Waals surface area contributed by atoms with Crippen LogP contribution in [0.1, 0.15) is 0 Å². The van der Waals surface area contributed by atoms with Crippen molar-refractivity contribution >= 4 is 11.9 Å². The highest BCUT2D eigenvalue weighted by atomic mass is 19.4. The Hall–Kier alpha value is -2.09. The number of carbonyl (C=O) groups excluding carboxylic acids is 1. The van der Waals surface area contributed by atoms with E-state index in [9.17, 15) is 57.9 Å². The summed E-state index contributed by atoms with van der Waals surface area (Å²) in [6.07, 6.45) is -0.936. The van der Waals surface area contributed by atoms with Gasteiger partial charge in [0.2, 0.25) is 0 Å². The number of halogens is 11. The summed E-state index contributed by atoms with van der Waals surface area (Å²) in [5.41, 5.74) is 0. The summed E-state index contributed by atoms with van der Waals surface area (Å²) in [6.45, 7) is 0. The van der Waals surface area contributed by atoms with Gasteiger partial charge in [-0.05, 0) is 0 Å². The Labute approximate surface area is 128 Å². The zero-order valence-corrected chi connectivity index (χ0v) is 11.0. The zero-order chi connectivity index (χ0) is 20.3. The summed E-state index contributed by atoms with van der Waals surface area (Å²) >= 11 is 0. The molecule has 144 valence electrons. The van der Waals surface area contributed by atoms with Crippen LogP contribution in [0, 0.1) is 0 Å². The highest BCUT2D eigenvalue weighted by molar-refractivity contribution is 5.91. The van der Waals surface area contributed by atoms with E-state index in [2.05, 4.69) is 4.74 Å². The van der Waals surface area contributed by atoms with Crippen molar-refractivity contribution in [3.8, 4) is 0 Å². The minimum Gasteiger partial charge on any atom is -0.478 e. The van der Waals surface area contributed by atoms with Gasteiger partial charge in [-0.15, -0.1) is 0 Å². The second-order valence-electron chi connectivity index (χ2n) is 4.56. The van der Waals surface area contributed by atoms with Crippen molar-refractivity contribution in [2.45, 2.75) is 35.5 Å². The molecule has 0 saturated heterocycles. The van der Waals surface area contributed by atoms with E-state index in [4.69, 9.17) is 5.11 Å². The number of hydrogen-bond acceptors (Lipinski definition) is 3. The van der Waals surface area contributed by atoms with E-state index >= 15 is 0 Å². The Morgan fingerprint density at radius 3 is 1.28 bits per heavy atom. The van der Waals surface area contributed by atoms with Gasteiger partial charge in [0.15, 0.2) is 0 Å². The molecular formula is C10H3F11O4. The maximum absolute atomic E-state index is 13.8. The summed E-state index contributed by atoms with van der Waals surface area (Å²) < 4.78 is 147. The second-order valence-corrected chi connectivity index (χ2v) is 4.56. The SMILES string of the molecule is O=C(O)C=CC(=O)OC1(F)C(F)(F)C(F)(F)C(F)(F)C(F)(F)C1(F)F. The maximum atomic E-state index is 13.8. The highest BCUT2D eigenvalue weighted by Gasteiger charge is 3.03. The average molecular weight is 396 g/mol. The molecule has 0 aliphatic heterocycles. The molecule has 0 aromatic rings. The van der Waals surface area contributed by atoms with Crippen molar-refractivity contribution in [3.05, 3.63) is 12.2 Å². The number of carboxylic acid groups (broad SMARTS) is 1. The van der Waals surface area contributed by atoms with Crippen LogP contribution >= 0.6 is 0 Å². The molecule has 0 bridgehead atoms. The zero-order valence-electron chi connectivity index (χ0n) is 11.0. The predicted octanol–water partition coefficient (Wildman–Crippen LogP) is 3.03. The molecule has 0 unspecified atom stereocenters. The molecule has 1 N–H and O–H groups in total. The van der Waals surface area contributed by atoms with Crippen LogP contribution in [0.4, 0.5) is 48.3 Å². The van der Waals surface area contributed by atoms with Crippen molar-refractivity contribution in [1.29, 1.82) is 0 Å². The van der Waals surface area contributed by atoms with Crippen molar-refractivity contribution in [2.24, 2.45) is 0 Å². The lowest BCUT2D eigenvalue weighted by atomic mass is 9.78. The van der Waals surface area contributed by atoms with Gasteiger partial charge in [0.05, 0.1) is 0 Å².